The number of hydrogen-bond acceptors (Lipinski definition) is 6. The summed E-state index contributed by atoms with van der Waals surface area (Å²) in [6.07, 6.45) is 0.364. The van der Waals surface area contributed by atoms with Gasteiger partial charge < -0.3 is 4.84 Å². The number of carbonyl (C=O) groups excluding carboxylic acids is 3. The number of amides is 2. The Balaban J connectivity index is 2.10. The van der Waals surface area contributed by atoms with E-state index in [-0.39, 0.29) is 16.9 Å². The minimum Gasteiger partial charge on any atom is -0.329 e. The van der Waals surface area contributed by atoms with E-state index >= 15 is 0 Å². The Bertz CT molecular complexity index is 674. The van der Waals surface area contributed by atoms with E-state index in [1.807, 2.05) is 0 Å². The highest BCUT2D eigenvalue weighted by Gasteiger charge is 2.39. The highest BCUT2D eigenvalue weighted by Crippen LogP contribution is 2.22. The minimum absolute atomic E-state index is 0.117. The van der Waals surface area contributed by atoms with Crippen LogP contribution in [0.1, 0.15) is 34.1 Å². The monoisotopic (exact) mass is 311 g/mol. The molecule has 1 heterocycles. The first-order valence-corrected chi connectivity index (χ1v) is 8.07. The lowest BCUT2D eigenvalue weighted by molar-refractivity contribution is -0.165. The number of sulfone groups is 1. The molecule has 1 aliphatic rings. The first kappa shape index (κ1) is 15.2. The van der Waals surface area contributed by atoms with E-state index in [2.05, 4.69) is 4.84 Å². The average Bonchev–Trinajstić information content (AvgIpc) is 2.64. The number of nitrogens with zero attached hydrogens (tertiary/aromatic N) is 1. The third-order valence-electron chi connectivity index (χ3n) is 2.80. The summed E-state index contributed by atoms with van der Waals surface area (Å²) in [5.74, 6) is -3.75. The van der Waals surface area contributed by atoms with Gasteiger partial charge in [0.1, 0.15) is 0 Å². The summed E-state index contributed by atoms with van der Waals surface area (Å²) in [5, 5.41) is 0.300. The molecule has 8 heteroatoms. The van der Waals surface area contributed by atoms with Crippen LogP contribution in [0.3, 0.4) is 0 Å². The zero-order valence-corrected chi connectivity index (χ0v) is 12.1. The van der Waals surface area contributed by atoms with Crippen LogP contribution in [0.15, 0.2) is 24.3 Å². The van der Waals surface area contributed by atoms with Crippen molar-refractivity contribution in [2.75, 3.05) is 11.5 Å². The maximum absolute atomic E-state index is 11.9. The predicted octanol–water partition coefficient (Wildman–Crippen LogP) is 0.566. The Hall–Kier alpha value is -2.22. The highest BCUT2D eigenvalue weighted by atomic mass is 32.2. The van der Waals surface area contributed by atoms with Crippen LogP contribution in [0.25, 0.3) is 0 Å². The van der Waals surface area contributed by atoms with E-state index in [1.165, 1.54) is 12.1 Å². The Kier molecular flexibility index (Phi) is 4.08. The molecule has 21 heavy (non-hydrogen) atoms. The molecule has 0 atom stereocenters. The van der Waals surface area contributed by atoms with Crippen molar-refractivity contribution in [2.45, 2.75) is 13.3 Å². The number of carbonyl (C=O) groups is 3. The molecule has 1 aromatic carbocycles. The number of imide groups is 1. The average molecular weight is 311 g/mol. The summed E-state index contributed by atoms with van der Waals surface area (Å²) in [5.41, 5.74) is 0.235. The summed E-state index contributed by atoms with van der Waals surface area (Å²) < 4.78 is 23.0. The molecule has 112 valence electrons. The molecule has 0 radical (unpaired) electrons. The van der Waals surface area contributed by atoms with E-state index in [0.29, 0.717) is 11.5 Å². The maximum Gasteiger partial charge on any atom is 0.348 e. The van der Waals surface area contributed by atoms with Crippen LogP contribution in [0.5, 0.6) is 0 Å². The molecule has 0 aromatic heterocycles. The van der Waals surface area contributed by atoms with Gasteiger partial charge in [0.25, 0.3) is 11.8 Å². The molecule has 0 bridgehead atoms. The second kappa shape index (κ2) is 5.65. The van der Waals surface area contributed by atoms with Gasteiger partial charge in [-0.05, 0) is 18.6 Å². The van der Waals surface area contributed by atoms with Crippen molar-refractivity contribution in [3.63, 3.8) is 0 Å². The maximum atomic E-state index is 11.9. The summed E-state index contributed by atoms with van der Waals surface area (Å²) in [6.45, 7) is 1.66. The molecule has 2 amide bonds. The van der Waals surface area contributed by atoms with Gasteiger partial charge in [0.05, 0.1) is 16.9 Å². The molecule has 0 N–H and O–H groups in total. The number of hydroxylamine groups is 2. The summed E-state index contributed by atoms with van der Waals surface area (Å²) in [4.78, 5) is 40.0. The lowest BCUT2D eigenvalue weighted by Crippen LogP contribution is -2.35. The Morgan fingerprint density at radius 2 is 1.67 bits per heavy atom. The quantitative estimate of drug-likeness (QED) is 0.737. The van der Waals surface area contributed by atoms with Crippen LogP contribution in [0.2, 0.25) is 0 Å². The first-order chi connectivity index (χ1) is 9.85. The van der Waals surface area contributed by atoms with Gasteiger partial charge in [-0.15, -0.1) is 0 Å². The van der Waals surface area contributed by atoms with Crippen molar-refractivity contribution >= 4 is 27.6 Å². The van der Waals surface area contributed by atoms with Gasteiger partial charge in [-0.2, -0.15) is 0 Å². The van der Waals surface area contributed by atoms with E-state index in [1.54, 1.807) is 19.1 Å². The number of benzene rings is 1. The lowest BCUT2D eigenvalue weighted by atomic mass is 10.1. The van der Waals surface area contributed by atoms with Gasteiger partial charge in [-0.3, -0.25) is 9.59 Å². The first-order valence-electron chi connectivity index (χ1n) is 6.24. The summed E-state index contributed by atoms with van der Waals surface area (Å²) in [7, 11) is -3.60. The van der Waals surface area contributed by atoms with E-state index in [0.717, 1.165) is 0 Å². The zero-order valence-electron chi connectivity index (χ0n) is 11.2. The van der Waals surface area contributed by atoms with Gasteiger partial charge in [-0.1, -0.05) is 24.1 Å². The standard InChI is InChI=1S/C13H13NO6S/c1-2-7-21(18,19)8-11(15)20-14-12(16)9-5-3-4-6-10(9)13(14)17/h3-6H,2,7-8H2,1H3. The molecule has 0 unspecified atom stereocenters. The second-order valence-electron chi connectivity index (χ2n) is 4.51. The van der Waals surface area contributed by atoms with Crippen molar-refractivity contribution < 1.29 is 27.6 Å². The molecule has 1 aromatic rings. The molecule has 0 saturated heterocycles. The third kappa shape index (κ3) is 3.10. The third-order valence-corrected chi connectivity index (χ3v) is 4.51. The molecule has 2 rings (SSSR count). The number of rotatable bonds is 5. The Morgan fingerprint density at radius 1 is 1.14 bits per heavy atom. The van der Waals surface area contributed by atoms with Gasteiger partial charge in [0.2, 0.25) is 0 Å². The molecular formula is C13H13NO6S. The lowest BCUT2D eigenvalue weighted by Gasteiger charge is -2.12. The van der Waals surface area contributed by atoms with Gasteiger partial charge in [0, 0.05) is 0 Å². The summed E-state index contributed by atoms with van der Waals surface area (Å²) >= 11 is 0. The van der Waals surface area contributed by atoms with Crippen LogP contribution in [0, 0.1) is 0 Å². The van der Waals surface area contributed by atoms with Crippen molar-refractivity contribution in [3.8, 4) is 0 Å². The molecule has 0 spiro atoms. The molecule has 0 aliphatic carbocycles. The van der Waals surface area contributed by atoms with E-state index < -0.39 is 33.4 Å². The normalized spacial score (nSPS) is 14.2. The van der Waals surface area contributed by atoms with E-state index in [9.17, 15) is 22.8 Å². The number of fused-ring (bicyclic) bond motifs is 1. The van der Waals surface area contributed by atoms with Crippen LogP contribution in [-0.2, 0) is 19.5 Å². The zero-order chi connectivity index (χ0) is 15.6. The largest absolute Gasteiger partial charge is 0.348 e. The predicted molar refractivity (Wildman–Crippen MR) is 72.0 cm³/mol. The fourth-order valence-corrected chi connectivity index (χ4v) is 3.12. The molecular weight excluding hydrogens is 298 g/mol. The highest BCUT2D eigenvalue weighted by molar-refractivity contribution is 7.92. The van der Waals surface area contributed by atoms with Crippen molar-refractivity contribution in [1.29, 1.82) is 0 Å². The van der Waals surface area contributed by atoms with Gasteiger partial charge >= 0.3 is 5.97 Å². The smallest absolute Gasteiger partial charge is 0.329 e. The topological polar surface area (TPSA) is 97.8 Å². The SMILES string of the molecule is CCCS(=O)(=O)CC(=O)ON1C(=O)c2ccccc2C1=O. The Labute approximate surface area is 121 Å². The number of hydrogen-bond donors (Lipinski definition) is 0. The minimum atomic E-state index is -3.60. The molecule has 1 aliphatic heterocycles. The molecule has 7 nitrogen and oxygen atoms in total. The molecule has 0 fully saturated rings. The molecule has 0 saturated carbocycles. The van der Waals surface area contributed by atoms with Gasteiger partial charge in [0.15, 0.2) is 15.6 Å². The van der Waals surface area contributed by atoms with Gasteiger partial charge in [-0.25, -0.2) is 13.2 Å². The van der Waals surface area contributed by atoms with Crippen LogP contribution < -0.4 is 0 Å². The van der Waals surface area contributed by atoms with Crippen LogP contribution in [0.4, 0.5) is 0 Å². The second-order valence-corrected chi connectivity index (χ2v) is 6.69. The Morgan fingerprint density at radius 3 is 2.14 bits per heavy atom. The summed E-state index contributed by atoms with van der Waals surface area (Å²) in [6, 6.07) is 6.00. The van der Waals surface area contributed by atoms with Crippen molar-refractivity contribution in [3.05, 3.63) is 35.4 Å². The van der Waals surface area contributed by atoms with Crippen LogP contribution >= 0.6 is 0 Å². The fourth-order valence-electron chi connectivity index (χ4n) is 1.94. The fraction of sp³-hybridized carbons (Fsp3) is 0.308. The van der Waals surface area contributed by atoms with E-state index in [4.69, 9.17) is 0 Å². The van der Waals surface area contributed by atoms with Crippen molar-refractivity contribution in [2.24, 2.45) is 0 Å². The van der Waals surface area contributed by atoms with Crippen molar-refractivity contribution in [1.82, 2.24) is 5.06 Å². The van der Waals surface area contributed by atoms with Crippen LogP contribution in [-0.4, -0.2) is 42.8 Å².